The highest BCUT2D eigenvalue weighted by Crippen LogP contribution is 2.30. The third-order valence-electron chi connectivity index (χ3n) is 3.97. The molecule has 3 aromatic carbocycles. The number of amides is 1. The number of carbonyl (C=O) groups is 1. The van der Waals surface area contributed by atoms with Crippen LogP contribution in [0.25, 0.3) is 0 Å². The van der Waals surface area contributed by atoms with E-state index in [1.165, 1.54) is 49.6 Å². The number of rotatable bonds is 6. The van der Waals surface area contributed by atoms with E-state index in [0.29, 0.717) is 0 Å². The van der Waals surface area contributed by atoms with Crippen molar-refractivity contribution in [1.29, 1.82) is 0 Å². The number of sulfonamides is 1. The molecule has 0 aromatic heterocycles. The lowest BCUT2D eigenvalue weighted by Gasteiger charge is -2.14. The third-order valence-corrected chi connectivity index (χ3v) is 5.66. The van der Waals surface area contributed by atoms with Crippen LogP contribution in [0.15, 0.2) is 71.6 Å². The molecule has 29 heavy (non-hydrogen) atoms. The zero-order valence-electron chi connectivity index (χ0n) is 15.1. The fourth-order valence-electron chi connectivity index (χ4n) is 2.53. The molecular weight excluding hydrogens is 419 g/mol. The third kappa shape index (κ3) is 4.67. The van der Waals surface area contributed by atoms with Crippen LogP contribution in [0.5, 0.6) is 5.75 Å². The zero-order valence-corrected chi connectivity index (χ0v) is 16.7. The van der Waals surface area contributed by atoms with Gasteiger partial charge in [-0.05, 0) is 42.5 Å². The van der Waals surface area contributed by atoms with E-state index in [1.54, 1.807) is 18.2 Å². The van der Waals surface area contributed by atoms with Crippen LogP contribution < -0.4 is 14.8 Å². The van der Waals surface area contributed by atoms with Crippen molar-refractivity contribution in [3.05, 3.63) is 83.1 Å². The molecule has 0 saturated carbocycles. The second-order valence-corrected chi connectivity index (χ2v) is 7.97. The Morgan fingerprint density at radius 2 is 1.69 bits per heavy atom. The van der Waals surface area contributed by atoms with Crippen molar-refractivity contribution in [2.45, 2.75) is 4.90 Å². The maximum Gasteiger partial charge on any atom is 0.262 e. The lowest BCUT2D eigenvalue weighted by atomic mass is 10.2. The molecule has 0 radical (unpaired) electrons. The van der Waals surface area contributed by atoms with Gasteiger partial charge in [-0.1, -0.05) is 35.9 Å². The number of hydrogen-bond donors (Lipinski definition) is 2. The predicted octanol–water partition coefficient (Wildman–Crippen LogP) is 4.54. The summed E-state index contributed by atoms with van der Waals surface area (Å²) in [6.07, 6.45) is 0. The molecule has 3 aromatic rings. The van der Waals surface area contributed by atoms with Gasteiger partial charge in [0.25, 0.3) is 15.9 Å². The van der Waals surface area contributed by atoms with Gasteiger partial charge in [-0.2, -0.15) is 0 Å². The molecule has 0 aliphatic carbocycles. The smallest absolute Gasteiger partial charge is 0.262 e. The normalized spacial score (nSPS) is 11.0. The average Bonchev–Trinajstić information content (AvgIpc) is 2.70. The van der Waals surface area contributed by atoms with E-state index in [4.69, 9.17) is 16.3 Å². The van der Waals surface area contributed by atoms with E-state index in [2.05, 4.69) is 10.0 Å². The Bertz CT molecular complexity index is 1170. The van der Waals surface area contributed by atoms with Crippen molar-refractivity contribution in [3.8, 4) is 5.75 Å². The summed E-state index contributed by atoms with van der Waals surface area (Å²) in [6, 6.07) is 15.7. The summed E-state index contributed by atoms with van der Waals surface area (Å²) in [5.74, 6) is -1.23. The van der Waals surface area contributed by atoms with Crippen LogP contribution in [0.1, 0.15) is 10.4 Å². The molecule has 0 atom stereocenters. The van der Waals surface area contributed by atoms with E-state index in [9.17, 15) is 17.6 Å². The van der Waals surface area contributed by atoms with Crippen LogP contribution in [-0.2, 0) is 10.0 Å². The molecule has 9 heteroatoms. The fraction of sp³-hybridized carbons (Fsp3) is 0.0500. The van der Waals surface area contributed by atoms with Crippen molar-refractivity contribution < 1.29 is 22.3 Å². The fourth-order valence-corrected chi connectivity index (χ4v) is 3.88. The van der Waals surface area contributed by atoms with E-state index < -0.39 is 21.7 Å². The molecule has 0 saturated heterocycles. The Balaban J connectivity index is 1.93. The lowest BCUT2D eigenvalue weighted by molar-refractivity contribution is 0.102. The first-order valence-electron chi connectivity index (χ1n) is 8.33. The molecule has 150 valence electrons. The van der Waals surface area contributed by atoms with Crippen LogP contribution >= 0.6 is 11.6 Å². The van der Waals surface area contributed by atoms with Crippen LogP contribution in [0.3, 0.4) is 0 Å². The Morgan fingerprint density at radius 3 is 2.38 bits per heavy atom. The second kappa shape index (κ2) is 8.50. The van der Waals surface area contributed by atoms with Crippen molar-refractivity contribution in [2.24, 2.45) is 0 Å². The van der Waals surface area contributed by atoms with Crippen LogP contribution in [0, 0.1) is 5.82 Å². The number of hydrogen-bond acceptors (Lipinski definition) is 4. The van der Waals surface area contributed by atoms with E-state index in [0.717, 1.165) is 6.07 Å². The number of carbonyl (C=O) groups excluding carboxylic acids is 1. The van der Waals surface area contributed by atoms with Gasteiger partial charge in [0.1, 0.15) is 11.6 Å². The van der Waals surface area contributed by atoms with Gasteiger partial charge in [0.2, 0.25) is 0 Å². The van der Waals surface area contributed by atoms with Crippen LogP contribution in [0.2, 0.25) is 5.02 Å². The Labute approximate surface area is 172 Å². The van der Waals surface area contributed by atoms with Crippen LogP contribution in [-0.4, -0.2) is 21.4 Å². The van der Waals surface area contributed by atoms with Gasteiger partial charge in [-0.3, -0.25) is 9.52 Å². The number of benzene rings is 3. The molecule has 6 nitrogen and oxygen atoms in total. The molecular formula is C20H16ClFN2O4S. The highest BCUT2D eigenvalue weighted by atomic mass is 35.5. The topological polar surface area (TPSA) is 84.5 Å². The minimum Gasteiger partial charge on any atom is -0.495 e. The number of methoxy groups -OCH3 is 1. The molecule has 0 fully saturated rings. The summed E-state index contributed by atoms with van der Waals surface area (Å²) in [5.41, 5.74) is 0.0988. The summed E-state index contributed by atoms with van der Waals surface area (Å²) in [7, 11) is -2.64. The molecule has 0 bridgehead atoms. The van der Waals surface area contributed by atoms with E-state index in [1.807, 2.05) is 0 Å². The first-order valence-corrected chi connectivity index (χ1v) is 10.2. The quantitative estimate of drug-likeness (QED) is 0.596. The Hall–Kier alpha value is -3.10. The Morgan fingerprint density at radius 1 is 1.00 bits per heavy atom. The van der Waals surface area contributed by atoms with Gasteiger partial charge in [0.05, 0.1) is 34.0 Å². The van der Waals surface area contributed by atoms with E-state index >= 15 is 0 Å². The van der Waals surface area contributed by atoms with E-state index in [-0.39, 0.29) is 32.6 Å². The van der Waals surface area contributed by atoms with Gasteiger partial charge < -0.3 is 10.1 Å². The molecule has 3 rings (SSSR count). The number of nitrogens with one attached hydrogen (secondary N) is 2. The molecule has 0 unspecified atom stereocenters. The number of halogens is 2. The summed E-state index contributed by atoms with van der Waals surface area (Å²) in [4.78, 5) is 12.3. The average molecular weight is 435 g/mol. The highest BCUT2D eigenvalue weighted by molar-refractivity contribution is 7.92. The largest absolute Gasteiger partial charge is 0.495 e. The summed E-state index contributed by atoms with van der Waals surface area (Å²) < 4.78 is 46.9. The van der Waals surface area contributed by atoms with Crippen molar-refractivity contribution in [1.82, 2.24) is 0 Å². The van der Waals surface area contributed by atoms with Gasteiger partial charge in [0.15, 0.2) is 0 Å². The van der Waals surface area contributed by atoms with Crippen molar-refractivity contribution >= 4 is 38.9 Å². The molecule has 0 spiro atoms. The van der Waals surface area contributed by atoms with Gasteiger partial charge in [0, 0.05) is 0 Å². The minimum atomic E-state index is -4.01. The summed E-state index contributed by atoms with van der Waals surface area (Å²) in [6.45, 7) is 0. The first kappa shape index (κ1) is 20.6. The predicted molar refractivity (Wildman–Crippen MR) is 110 cm³/mol. The van der Waals surface area contributed by atoms with Crippen molar-refractivity contribution in [3.63, 3.8) is 0 Å². The minimum absolute atomic E-state index is 0.0720. The maximum atomic E-state index is 13.9. The maximum absolute atomic E-state index is 13.9. The van der Waals surface area contributed by atoms with Gasteiger partial charge in [-0.15, -0.1) is 0 Å². The summed E-state index contributed by atoms with van der Waals surface area (Å²) >= 11 is 6.01. The van der Waals surface area contributed by atoms with Gasteiger partial charge in [-0.25, -0.2) is 12.8 Å². The monoisotopic (exact) mass is 434 g/mol. The van der Waals surface area contributed by atoms with Crippen LogP contribution in [0.4, 0.5) is 15.8 Å². The van der Waals surface area contributed by atoms with Crippen molar-refractivity contribution in [2.75, 3.05) is 17.1 Å². The number of anilines is 2. The van der Waals surface area contributed by atoms with Gasteiger partial charge >= 0.3 is 0 Å². The standard InChI is InChI=1S/C20H16ClFN2O4S/c1-28-19-11-10-13(29(26,27)24-17-9-5-3-7-15(17)21)12-18(19)23-20(25)14-6-2-4-8-16(14)22/h2-12,24H,1H3,(H,23,25). The second-order valence-electron chi connectivity index (χ2n) is 5.88. The molecule has 0 aliphatic heterocycles. The lowest BCUT2D eigenvalue weighted by Crippen LogP contribution is -2.16. The first-order chi connectivity index (χ1) is 13.8. The molecule has 0 heterocycles. The summed E-state index contributed by atoms with van der Waals surface area (Å²) in [5, 5.41) is 2.72. The number of para-hydroxylation sites is 1. The molecule has 2 N–H and O–H groups in total. The molecule has 0 aliphatic rings. The highest BCUT2D eigenvalue weighted by Gasteiger charge is 2.20. The number of ether oxygens (including phenoxy) is 1. The zero-order chi connectivity index (χ0) is 21.0. The Kier molecular flexibility index (Phi) is 6.05. The SMILES string of the molecule is COc1ccc(S(=O)(=O)Nc2ccccc2Cl)cc1NC(=O)c1ccccc1F. The molecule has 1 amide bonds.